The topological polar surface area (TPSA) is 96.7 Å². The zero-order chi connectivity index (χ0) is 32.3. The molecule has 1 aliphatic heterocycles. The normalized spacial score (nSPS) is 15.2. The SMILES string of the molecule is Cc1ccc(C(C)C)c(N2C(=O)CSC2=NC(=S)NNC(C)c2ccc(-c3ncn(-c4ccc(OC(F)(F)F)cc4)n3)cc2)c1. The Labute approximate surface area is 267 Å². The lowest BCUT2D eigenvalue weighted by atomic mass is 9.99. The molecule has 0 saturated carbocycles. The Bertz CT molecular complexity index is 1720. The van der Waals surface area contributed by atoms with E-state index in [-0.39, 0.29) is 28.7 Å². The molecule has 0 aliphatic carbocycles. The van der Waals surface area contributed by atoms with Gasteiger partial charge in [0, 0.05) is 11.6 Å². The Hall–Kier alpha value is -4.27. The van der Waals surface area contributed by atoms with Crippen LogP contribution >= 0.6 is 24.0 Å². The molecule has 14 heteroatoms. The van der Waals surface area contributed by atoms with E-state index >= 15 is 0 Å². The number of hydrogen-bond acceptors (Lipinski definition) is 7. The molecule has 4 aromatic rings. The van der Waals surface area contributed by atoms with Crippen LogP contribution in [0, 0.1) is 6.92 Å². The van der Waals surface area contributed by atoms with Gasteiger partial charge < -0.3 is 4.74 Å². The molecular weight excluding hydrogens is 624 g/mol. The summed E-state index contributed by atoms with van der Waals surface area (Å²) in [5.41, 5.74) is 11.3. The highest BCUT2D eigenvalue weighted by atomic mass is 32.2. The fourth-order valence-corrected chi connectivity index (χ4v) is 5.70. The van der Waals surface area contributed by atoms with Gasteiger partial charge in [-0.05, 0) is 79.0 Å². The van der Waals surface area contributed by atoms with E-state index in [1.165, 1.54) is 47.0 Å². The number of thiocarbonyl (C=S) groups is 1. The second-order valence-electron chi connectivity index (χ2n) is 10.6. The quantitative estimate of drug-likeness (QED) is 0.158. The number of hydrazine groups is 1. The Morgan fingerprint density at radius 2 is 1.78 bits per heavy atom. The number of carbonyl (C=O) groups excluding carboxylic acids is 1. The van der Waals surface area contributed by atoms with Gasteiger partial charge in [-0.3, -0.25) is 15.1 Å². The summed E-state index contributed by atoms with van der Waals surface area (Å²) >= 11 is 6.83. The highest BCUT2D eigenvalue weighted by Crippen LogP contribution is 2.34. The molecule has 0 bridgehead atoms. The number of ether oxygens (including phenoxy) is 1. The summed E-state index contributed by atoms with van der Waals surface area (Å²) in [6, 6.07) is 18.9. The van der Waals surface area contributed by atoms with Crippen LogP contribution in [-0.4, -0.2) is 43.1 Å². The number of halogens is 3. The van der Waals surface area contributed by atoms with Crippen LogP contribution in [0.1, 0.15) is 49.4 Å². The number of amidine groups is 1. The molecule has 2 N–H and O–H groups in total. The summed E-state index contributed by atoms with van der Waals surface area (Å²) in [4.78, 5) is 23.4. The van der Waals surface area contributed by atoms with Crippen LogP contribution in [0.2, 0.25) is 0 Å². The minimum absolute atomic E-state index is 0.0387. The Balaban J connectivity index is 1.20. The number of thioether (sulfide) groups is 1. The highest BCUT2D eigenvalue weighted by Gasteiger charge is 2.32. The summed E-state index contributed by atoms with van der Waals surface area (Å²) in [5, 5.41) is 5.17. The smallest absolute Gasteiger partial charge is 0.406 e. The molecule has 1 atom stereocenters. The second kappa shape index (κ2) is 13.4. The fourth-order valence-electron chi connectivity index (χ4n) is 4.63. The number of anilines is 1. The largest absolute Gasteiger partial charge is 0.573 e. The van der Waals surface area contributed by atoms with Gasteiger partial charge in [0.15, 0.2) is 11.0 Å². The summed E-state index contributed by atoms with van der Waals surface area (Å²) in [5.74, 6) is 0.621. The molecule has 1 amide bonds. The van der Waals surface area contributed by atoms with Crippen molar-refractivity contribution in [3.05, 3.63) is 89.7 Å². The monoisotopic (exact) mass is 653 g/mol. The first-order valence-corrected chi connectivity index (χ1v) is 15.4. The number of hydrogen-bond donors (Lipinski definition) is 2. The van der Waals surface area contributed by atoms with Crippen LogP contribution in [-0.2, 0) is 4.79 Å². The van der Waals surface area contributed by atoms with Crippen LogP contribution in [0.3, 0.4) is 0 Å². The van der Waals surface area contributed by atoms with Gasteiger partial charge in [0.2, 0.25) is 11.0 Å². The maximum absolute atomic E-state index is 12.9. The fraction of sp³-hybridized carbons (Fsp3) is 0.258. The number of alkyl halides is 3. The van der Waals surface area contributed by atoms with Gasteiger partial charge >= 0.3 is 6.36 Å². The predicted octanol–water partition coefficient (Wildman–Crippen LogP) is 6.84. The lowest BCUT2D eigenvalue weighted by molar-refractivity contribution is -0.274. The molecule has 9 nitrogen and oxygen atoms in total. The van der Waals surface area contributed by atoms with Crippen molar-refractivity contribution in [3.63, 3.8) is 0 Å². The molecule has 1 unspecified atom stereocenters. The summed E-state index contributed by atoms with van der Waals surface area (Å²) in [7, 11) is 0. The number of aliphatic imine (C=N–C) groups is 1. The van der Waals surface area contributed by atoms with Gasteiger partial charge in [0.05, 0.1) is 17.1 Å². The minimum atomic E-state index is -4.75. The van der Waals surface area contributed by atoms with E-state index in [0.717, 1.165) is 27.9 Å². The number of nitrogens with one attached hydrogen (secondary N) is 2. The number of aromatic nitrogens is 3. The van der Waals surface area contributed by atoms with Crippen LogP contribution in [0.25, 0.3) is 17.1 Å². The van der Waals surface area contributed by atoms with Crippen LogP contribution in [0.5, 0.6) is 5.75 Å². The average molecular weight is 654 g/mol. The number of rotatable bonds is 8. The molecule has 1 aromatic heterocycles. The lowest BCUT2D eigenvalue weighted by Crippen LogP contribution is -2.38. The van der Waals surface area contributed by atoms with Crippen molar-refractivity contribution < 1.29 is 22.7 Å². The predicted molar refractivity (Wildman–Crippen MR) is 173 cm³/mol. The molecule has 3 aromatic carbocycles. The number of nitrogens with zero attached hydrogens (tertiary/aromatic N) is 5. The van der Waals surface area contributed by atoms with E-state index in [0.29, 0.717) is 22.4 Å². The minimum Gasteiger partial charge on any atom is -0.406 e. The molecule has 2 heterocycles. The zero-order valence-electron chi connectivity index (χ0n) is 24.8. The molecule has 1 aliphatic rings. The maximum atomic E-state index is 12.9. The van der Waals surface area contributed by atoms with E-state index in [2.05, 4.69) is 50.6 Å². The van der Waals surface area contributed by atoms with Gasteiger partial charge in [-0.1, -0.05) is 62.0 Å². The van der Waals surface area contributed by atoms with Gasteiger partial charge in [0.1, 0.15) is 12.1 Å². The highest BCUT2D eigenvalue weighted by molar-refractivity contribution is 8.15. The average Bonchev–Trinajstić information content (AvgIpc) is 3.62. The van der Waals surface area contributed by atoms with Crippen molar-refractivity contribution in [3.8, 4) is 22.8 Å². The van der Waals surface area contributed by atoms with E-state index in [4.69, 9.17) is 12.2 Å². The van der Waals surface area contributed by atoms with Gasteiger partial charge in [-0.2, -0.15) is 4.99 Å². The van der Waals surface area contributed by atoms with E-state index in [1.54, 1.807) is 4.90 Å². The number of aryl methyl sites for hydroxylation is 1. The van der Waals surface area contributed by atoms with Crippen molar-refractivity contribution in [1.29, 1.82) is 0 Å². The lowest BCUT2D eigenvalue weighted by Gasteiger charge is -2.22. The second-order valence-corrected chi connectivity index (χ2v) is 11.9. The van der Waals surface area contributed by atoms with E-state index in [9.17, 15) is 18.0 Å². The summed E-state index contributed by atoms with van der Waals surface area (Å²) in [6.07, 6.45) is -3.27. The standard InChI is InChI=1S/C31H30F3N7O2S2/c1-18(2)25-14-5-19(3)15-26(25)41-27(42)16-45-30(41)36-29(44)38-37-20(4)21-6-8-22(9-7-21)28-35-17-40(39-28)23-10-12-24(13-11-23)43-31(32,33)34/h5-15,17-18,20,37H,16H2,1-4H3,(H,38,44). The van der Waals surface area contributed by atoms with Crippen molar-refractivity contribution in [1.82, 2.24) is 25.6 Å². The van der Waals surface area contributed by atoms with Crippen molar-refractivity contribution >= 4 is 45.9 Å². The molecule has 5 rings (SSSR count). The molecule has 1 saturated heterocycles. The molecule has 0 spiro atoms. The van der Waals surface area contributed by atoms with Crippen molar-refractivity contribution in [2.75, 3.05) is 10.7 Å². The van der Waals surface area contributed by atoms with Gasteiger partial charge in [0.25, 0.3) is 0 Å². The Kier molecular flexibility index (Phi) is 9.56. The first-order chi connectivity index (χ1) is 21.4. The van der Waals surface area contributed by atoms with Gasteiger partial charge in [-0.25, -0.2) is 15.1 Å². The van der Waals surface area contributed by atoms with Crippen LogP contribution in [0.4, 0.5) is 18.9 Å². The number of benzene rings is 3. The molecule has 234 valence electrons. The maximum Gasteiger partial charge on any atom is 0.573 e. The summed E-state index contributed by atoms with van der Waals surface area (Å²) in [6.45, 7) is 8.13. The third-order valence-electron chi connectivity index (χ3n) is 6.90. The summed E-state index contributed by atoms with van der Waals surface area (Å²) < 4.78 is 42.7. The third kappa shape index (κ3) is 7.88. The molecule has 1 fully saturated rings. The molecule has 45 heavy (non-hydrogen) atoms. The molecular formula is C31H30F3N7O2S2. The first-order valence-electron chi connectivity index (χ1n) is 14.0. The van der Waals surface area contributed by atoms with Crippen LogP contribution < -0.4 is 20.5 Å². The number of amides is 1. The first kappa shape index (κ1) is 32.1. The Morgan fingerprint density at radius 3 is 2.44 bits per heavy atom. The third-order valence-corrected chi connectivity index (χ3v) is 8.02. The van der Waals surface area contributed by atoms with E-state index < -0.39 is 6.36 Å². The molecule has 0 radical (unpaired) electrons. The van der Waals surface area contributed by atoms with Gasteiger partial charge in [-0.15, -0.1) is 18.3 Å². The number of carbonyl (C=O) groups is 1. The zero-order valence-corrected chi connectivity index (χ0v) is 26.4. The van der Waals surface area contributed by atoms with Crippen molar-refractivity contribution in [2.45, 2.75) is 46.0 Å². The van der Waals surface area contributed by atoms with E-state index in [1.807, 2.05) is 50.2 Å². The van der Waals surface area contributed by atoms with Crippen molar-refractivity contribution in [2.24, 2.45) is 4.99 Å². The Morgan fingerprint density at radius 1 is 1.07 bits per heavy atom. The van der Waals surface area contributed by atoms with Crippen LogP contribution in [0.15, 0.2) is 78.0 Å².